The van der Waals surface area contributed by atoms with Gasteiger partial charge in [0, 0.05) is 13.0 Å². The van der Waals surface area contributed by atoms with Gasteiger partial charge >= 0.3 is 0 Å². The van der Waals surface area contributed by atoms with Crippen LogP contribution in [0.25, 0.3) is 11.2 Å². The van der Waals surface area contributed by atoms with Gasteiger partial charge in [0.15, 0.2) is 17.6 Å². The summed E-state index contributed by atoms with van der Waals surface area (Å²) in [6, 6.07) is 0. The largest absolute Gasteiger partial charge is 0.498 e. The van der Waals surface area contributed by atoms with Crippen molar-refractivity contribution in [1.29, 1.82) is 0 Å². The van der Waals surface area contributed by atoms with Crippen molar-refractivity contribution in [2.75, 3.05) is 13.2 Å². The van der Waals surface area contributed by atoms with E-state index in [2.05, 4.69) is 20.3 Å². The quantitative estimate of drug-likeness (QED) is 0.632. The van der Waals surface area contributed by atoms with E-state index in [-0.39, 0.29) is 11.6 Å². The van der Waals surface area contributed by atoms with E-state index in [0.717, 1.165) is 24.2 Å². The summed E-state index contributed by atoms with van der Waals surface area (Å²) in [6.07, 6.45) is 4.70. The summed E-state index contributed by atoms with van der Waals surface area (Å²) in [7, 11) is 0. The molecule has 3 heterocycles. The summed E-state index contributed by atoms with van der Waals surface area (Å²) in [5, 5.41) is 23.1. The third-order valence-corrected chi connectivity index (χ3v) is 5.33. The number of carbonyl (C=O) groups excluding carboxylic acids is 1. The fourth-order valence-corrected chi connectivity index (χ4v) is 3.65. The van der Waals surface area contributed by atoms with E-state index in [1.165, 1.54) is 17.2 Å². The van der Waals surface area contributed by atoms with Crippen LogP contribution in [0.3, 0.4) is 0 Å². The van der Waals surface area contributed by atoms with Crippen LogP contribution in [0.1, 0.15) is 43.4 Å². The van der Waals surface area contributed by atoms with Crippen molar-refractivity contribution in [3.05, 3.63) is 41.8 Å². The average Bonchev–Trinajstić information content (AvgIpc) is 3.29. The second-order valence-electron chi connectivity index (χ2n) is 7.33. The number of aromatic nitrogens is 4. The molecule has 10 heteroatoms. The van der Waals surface area contributed by atoms with Crippen LogP contribution in [-0.2, 0) is 9.47 Å². The maximum Gasteiger partial charge on any atom is 0.272 e. The molecule has 2 aromatic rings. The molecule has 0 aromatic carbocycles. The van der Waals surface area contributed by atoms with Gasteiger partial charge < -0.3 is 25.0 Å². The van der Waals surface area contributed by atoms with E-state index in [1.807, 2.05) is 19.1 Å². The zero-order valence-corrected chi connectivity index (χ0v) is 16.9. The molecule has 1 fully saturated rings. The predicted octanol–water partition coefficient (Wildman–Crippen LogP) is 0.836. The van der Waals surface area contributed by atoms with Crippen molar-refractivity contribution in [2.24, 2.45) is 0 Å². The van der Waals surface area contributed by atoms with Gasteiger partial charge in [0.2, 0.25) is 0 Å². The molecule has 0 spiro atoms. The fraction of sp³-hybridized carbons (Fsp3) is 0.500. The first-order chi connectivity index (χ1) is 14.5. The number of aliphatic hydroxyl groups excluding tert-OH is 2. The molecule has 0 radical (unpaired) electrons. The van der Waals surface area contributed by atoms with Gasteiger partial charge in [-0.25, -0.2) is 15.0 Å². The lowest BCUT2D eigenvalue weighted by atomic mass is 10.0. The molecule has 4 rings (SSSR count). The summed E-state index contributed by atoms with van der Waals surface area (Å²) < 4.78 is 12.6. The van der Waals surface area contributed by atoms with E-state index in [0.29, 0.717) is 24.3 Å². The number of ether oxygens (including phenoxy) is 2. The number of allylic oxidation sites excluding steroid dienone is 3. The van der Waals surface area contributed by atoms with Crippen LogP contribution >= 0.6 is 0 Å². The van der Waals surface area contributed by atoms with Crippen molar-refractivity contribution < 1.29 is 24.5 Å². The molecule has 1 aliphatic heterocycles. The predicted molar refractivity (Wildman–Crippen MR) is 106 cm³/mol. The number of nitrogens with one attached hydrogen (secondary N) is 1. The van der Waals surface area contributed by atoms with Crippen LogP contribution in [0.15, 0.2) is 36.1 Å². The number of rotatable bonds is 6. The molecule has 3 N–H and O–H groups in total. The normalized spacial score (nSPS) is 26.4. The molecule has 0 saturated carbocycles. The lowest BCUT2D eigenvalue weighted by molar-refractivity contribution is -0.0299. The molecule has 10 nitrogen and oxygen atoms in total. The molecular weight excluding hydrogens is 390 g/mol. The van der Waals surface area contributed by atoms with Crippen molar-refractivity contribution in [1.82, 2.24) is 24.8 Å². The summed E-state index contributed by atoms with van der Waals surface area (Å²) >= 11 is 0. The maximum absolute atomic E-state index is 12.7. The second kappa shape index (κ2) is 8.50. The number of aliphatic hydroxyl groups is 2. The average molecular weight is 415 g/mol. The van der Waals surface area contributed by atoms with E-state index < -0.39 is 24.5 Å². The van der Waals surface area contributed by atoms with Gasteiger partial charge in [-0.1, -0.05) is 11.6 Å². The number of hydrogen-bond donors (Lipinski definition) is 3. The van der Waals surface area contributed by atoms with E-state index in [4.69, 9.17) is 9.47 Å². The van der Waals surface area contributed by atoms with Gasteiger partial charge in [0.05, 0.1) is 24.8 Å². The van der Waals surface area contributed by atoms with Crippen molar-refractivity contribution >= 4 is 17.1 Å². The number of nitrogens with zero attached hydrogens (tertiary/aromatic N) is 4. The molecule has 4 atom stereocenters. The van der Waals surface area contributed by atoms with Crippen LogP contribution < -0.4 is 5.32 Å². The molecule has 160 valence electrons. The Morgan fingerprint density at radius 2 is 2.10 bits per heavy atom. The SMILES string of the molecule is CCOC1=CC=C(CNC(=O)c2ncnc3c2ncn3[C@@H]2O[C@H](C)[C@@H](O)[C@H]2O)CC1. The van der Waals surface area contributed by atoms with Crippen LogP contribution in [0.5, 0.6) is 0 Å². The monoisotopic (exact) mass is 415 g/mol. The summed E-state index contributed by atoms with van der Waals surface area (Å²) in [6.45, 7) is 4.66. The Bertz CT molecular complexity index is 1000. The number of hydrogen-bond acceptors (Lipinski definition) is 8. The highest BCUT2D eigenvalue weighted by molar-refractivity contribution is 6.02. The van der Waals surface area contributed by atoms with Gasteiger partial charge in [0.25, 0.3) is 5.91 Å². The molecule has 0 unspecified atom stereocenters. The van der Waals surface area contributed by atoms with E-state index >= 15 is 0 Å². The topological polar surface area (TPSA) is 132 Å². The van der Waals surface area contributed by atoms with E-state index in [1.54, 1.807) is 6.92 Å². The molecule has 1 aliphatic carbocycles. The van der Waals surface area contributed by atoms with Crippen LogP contribution in [0.2, 0.25) is 0 Å². The first-order valence-electron chi connectivity index (χ1n) is 9.98. The van der Waals surface area contributed by atoms with Crippen LogP contribution in [-0.4, -0.2) is 67.1 Å². The number of imidazole rings is 1. The summed E-state index contributed by atoms with van der Waals surface area (Å²) in [5.41, 5.74) is 1.88. The Morgan fingerprint density at radius 1 is 1.27 bits per heavy atom. The molecule has 2 aromatic heterocycles. The summed E-state index contributed by atoms with van der Waals surface area (Å²) in [4.78, 5) is 25.3. The van der Waals surface area contributed by atoms with Crippen molar-refractivity contribution in [2.45, 2.75) is 51.2 Å². The van der Waals surface area contributed by atoms with Crippen molar-refractivity contribution in [3.63, 3.8) is 0 Å². The Morgan fingerprint density at radius 3 is 2.77 bits per heavy atom. The lowest BCUT2D eigenvalue weighted by Gasteiger charge is -2.16. The van der Waals surface area contributed by atoms with Crippen LogP contribution in [0.4, 0.5) is 0 Å². The highest BCUT2D eigenvalue weighted by atomic mass is 16.6. The van der Waals surface area contributed by atoms with Crippen molar-refractivity contribution in [3.8, 4) is 0 Å². The van der Waals surface area contributed by atoms with Crippen LogP contribution in [0, 0.1) is 0 Å². The highest BCUT2D eigenvalue weighted by Crippen LogP contribution is 2.31. The molecule has 0 bridgehead atoms. The Hall–Kier alpha value is -2.82. The number of carbonyl (C=O) groups is 1. The third-order valence-electron chi connectivity index (χ3n) is 5.33. The molecule has 1 saturated heterocycles. The minimum atomic E-state index is -1.13. The minimum Gasteiger partial charge on any atom is -0.498 e. The first kappa shape index (κ1) is 20.5. The van der Waals surface area contributed by atoms with Gasteiger partial charge in [-0.3, -0.25) is 9.36 Å². The fourth-order valence-electron chi connectivity index (χ4n) is 3.65. The van der Waals surface area contributed by atoms with Gasteiger partial charge in [0.1, 0.15) is 24.1 Å². The Kier molecular flexibility index (Phi) is 5.80. The smallest absolute Gasteiger partial charge is 0.272 e. The third kappa shape index (κ3) is 3.81. The zero-order valence-electron chi connectivity index (χ0n) is 16.9. The molecular formula is C20H25N5O5. The van der Waals surface area contributed by atoms with Gasteiger partial charge in [-0.2, -0.15) is 0 Å². The van der Waals surface area contributed by atoms with Gasteiger partial charge in [-0.15, -0.1) is 0 Å². The first-order valence-corrected chi connectivity index (χ1v) is 9.98. The summed E-state index contributed by atoms with van der Waals surface area (Å²) in [5.74, 6) is 0.584. The van der Waals surface area contributed by atoms with E-state index in [9.17, 15) is 15.0 Å². The zero-order chi connectivity index (χ0) is 21.3. The molecule has 1 amide bonds. The lowest BCUT2D eigenvalue weighted by Crippen LogP contribution is -2.30. The highest BCUT2D eigenvalue weighted by Gasteiger charge is 2.42. The standard InChI is InChI=1S/C20H25N5O5/c1-3-29-13-6-4-12(5-7-13)8-21-19(28)15-14-18(23-9-22-15)25(10-24-14)20-17(27)16(26)11(2)30-20/h4,6,9-11,16-17,20,26-27H,3,5,7-8H2,1-2H3,(H,21,28)/t11-,16-,17-,20-/m1/s1. The molecule has 30 heavy (non-hydrogen) atoms. The minimum absolute atomic E-state index is 0.141. The Labute approximate surface area is 173 Å². The second-order valence-corrected chi connectivity index (χ2v) is 7.33. The Balaban J connectivity index is 1.50. The number of fused-ring (bicyclic) bond motifs is 1. The maximum atomic E-state index is 12.7. The van der Waals surface area contributed by atoms with Gasteiger partial charge in [-0.05, 0) is 26.3 Å². The molecule has 2 aliphatic rings. The number of amides is 1.